The summed E-state index contributed by atoms with van der Waals surface area (Å²) in [6.07, 6.45) is 1.58. The van der Waals surface area contributed by atoms with E-state index in [1.807, 2.05) is 30.3 Å². The van der Waals surface area contributed by atoms with Crippen LogP contribution in [-0.2, 0) is 11.8 Å². The number of H-pyrrole nitrogens is 1. The van der Waals surface area contributed by atoms with Crippen LogP contribution in [0.25, 0.3) is 16.9 Å². The second kappa shape index (κ2) is 5.48. The number of aryl methyl sites for hydroxylation is 1. The van der Waals surface area contributed by atoms with E-state index in [9.17, 15) is 9.59 Å². The standard InChI is InChI=1S/C16H15N3O3/c1-3-22-16(21)12-10-18(2)19-14(20)9-13(17-15(12)19)11-7-5-4-6-8-11/h4-10H,3H2,1-2H3/p+1. The maximum Gasteiger partial charge on any atom is 0.348 e. The Hall–Kier alpha value is -2.89. The number of carbonyl (C=O) groups excluding carboxylic acids is 1. The largest absolute Gasteiger partial charge is 0.462 e. The first kappa shape index (κ1) is 14.1. The number of hydrogen-bond acceptors (Lipinski definition) is 3. The van der Waals surface area contributed by atoms with Gasteiger partial charge in [-0.3, -0.25) is 4.79 Å². The minimum atomic E-state index is -0.457. The van der Waals surface area contributed by atoms with E-state index in [4.69, 9.17) is 4.74 Å². The molecule has 0 saturated heterocycles. The number of hydrogen-bond donors (Lipinski definition) is 1. The maximum absolute atomic E-state index is 12.4. The first-order valence-corrected chi connectivity index (χ1v) is 6.99. The highest BCUT2D eigenvalue weighted by molar-refractivity contribution is 5.95. The van der Waals surface area contributed by atoms with Crippen LogP contribution in [0.15, 0.2) is 47.4 Å². The summed E-state index contributed by atoms with van der Waals surface area (Å²) in [6, 6.07) is 11.0. The second-order valence-electron chi connectivity index (χ2n) is 4.88. The zero-order chi connectivity index (χ0) is 15.7. The summed E-state index contributed by atoms with van der Waals surface area (Å²) in [6.45, 7) is 2.02. The highest BCUT2D eigenvalue weighted by Crippen LogP contribution is 2.16. The van der Waals surface area contributed by atoms with Crippen molar-refractivity contribution in [1.82, 2.24) is 9.50 Å². The number of nitrogens with zero attached hydrogens (tertiary/aromatic N) is 2. The summed E-state index contributed by atoms with van der Waals surface area (Å²) in [5.74, 6) is -0.457. The van der Waals surface area contributed by atoms with Crippen LogP contribution in [0.2, 0.25) is 0 Å². The van der Waals surface area contributed by atoms with E-state index in [-0.39, 0.29) is 12.2 Å². The molecule has 3 aromatic rings. The molecule has 0 unspecified atom stereocenters. The second-order valence-corrected chi connectivity index (χ2v) is 4.88. The smallest absolute Gasteiger partial charge is 0.348 e. The Balaban J connectivity index is 2.26. The zero-order valence-electron chi connectivity index (χ0n) is 12.4. The van der Waals surface area contributed by atoms with Crippen molar-refractivity contribution in [1.29, 1.82) is 0 Å². The van der Waals surface area contributed by atoms with Crippen molar-refractivity contribution in [2.45, 2.75) is 6.92 Å². The van der Waals surface area contributed by atoms with Crippen molar-refractivity contribution in [2.75, 3.05) is 6.61 Å². The van der Waals surface area contributed by atoms with Gasteiger partial charge in [0, 0.05) is 6.07 Å². The SMILES string of the molecule is CCOC(=O)c1c[n+](C)n2c(=O)cc(-c3ccccc3)[nH]c12. The molecule has 1 aromatic carbocycles. The van der Waals surface area contributed by atoms with Gasteiger partial charge < -0.3 is 9.72 Å². The third-order valence-corrected chi connectivity index (χ3v) is 3.41. The van der Waals surface area contributed by atoms with Crippen molar-refractivity contribution in [3.05, 3.63) is 58.5 Å². The number of esters is 1. The van der Waals surface area contributed by atoms with Gasteiger partial charge in [-0.2, -0.15) is 0 Å². The van der Waals surface area contributed by atoms with Crippen LogP contribution in [0.5, 0.6) is 0 Å². The van der Waals surface area contributed by atoms with Gasteiger partial charge >= 0.3 is 11.5 Å². The molecule has 2 aromatic heterocycles. The van der Waals surface area contributed by atoms with Gasteiger partial charge in [-0.15, -0.1) is 4.68 Å². The fraction of sp³-hybridized carbons (Fsp3) is 0.188. The van der Waals surface area contributed by atoms with Crippen molar-refractivity contribution < 1.29 is 14.2 Å². The summed E-state index contributed by atoms with van der Waals surface area (Å²) < 4.78 is 8.01. The van der Waals surface area contributed by atoms with E-state index >= 15 is 0 Å². The molecule has 0 atom stereocenters. The van der Waals surface area contributed by atoms with Crippen molar-refractivity contribution >= 4 is 11.6 Å². The van der Waals surface area contributed by atoms with Gasteiger partial charge in [-0.25, -0.2) is 4.79 Å². The van der Waals surface area contributed by atoms with Crippen LogP contribution in [0.1, 0.15) is 17.3 Å². The molecular formula is C16H16N3O3+. The third kappa shape index (κ3) is 2.28. The minimum absolute atomic E-state index is 0.217. The average Bonchev–Trinajstić information content (AvgIpc) is 2.86. The lowest BCUT2D eigenvalue weighted by Crippen LogP contribution is -2.40. The fourth-order valence-electron chi connectivity index (χ4n) is 2.44. The van der Waals surface area contributed by atoms with Crippen LogP contribution < -0.4 is 10.2 Å². The van der Waals surface area contributed by atoms with E-state index in [1.54, 1.807) is 24.9 Å². The number of nitrogens with one attached hydrogen (secondary N) is 1. The molecule has 0 aliphatic heterocycles. The molecule has 0 fully saturated rings. The number of fused-ring (bicyclic) bond motifs is 1. The molecule has 0 aliphatic rings. The van der Waals surface area contributed by atoms with Gasteiger partial charge in [0.15, 0.2) is 18.3 Å². The number of ether oxygens (including phenoxy) is 1. The van der Waals surface area contributed by atoms with Crippen molar-refractivity contribution in [3.63, 3.8) is 0 Å². The van der Waals surface area contributed by atoms with Crippen molar-refractivity contribution in [2.24, 2.45) is 7.05 Å². The van der Waals surface area contributed by atoms with Crippen LogP contribution in [0, 0.1) is 0 Å². The highest BCUT2D eigenvalue weighted by atomic mass is 16.5. The monoisotopic (exact) mass is 298 g/mol. The van der Waals surface area contributed by atoms with Gasteiger partial charge in [-0.05, 0) is 12.5 Å². The Morgan fingerprint density at radius 3 is 2.73 bits per heavy atom. The van der Waals surface area contributed by atoms with E-state index in [0.717, 1.165) is 5.56 Å². The molecule has 3 rings (SSSR count). The zero-order valence-corrected chi connectivity index (χ0v) is 12.4. The average molecular weight is 298 g/mol. The third-order valence-electron chi connectivity index (χ3n) is 3.41. The lowest BCUT2D eigenvalue weighted by atomic mass is 10.1. The van der Waals surface area contributed by atoms with Gasteiger partial charge in [0.05, 0.1) is 12.3 Å². The Bertz CT molecular complexity index is 894. The Morgan fingerprint density at radius 1 is 1.32 bits per heavy atom. The summed E-state index contributed by atoms with van der Waals surface area (Å²) in [5, 5.41) is 0. The first-order chi connectivity index (χ1) is 10.6. The number of aromatic nitrogens is 3. The lowest BCUT2D eigenvalue weighted by molar-refractivity contribution is -0.739. The molecule has 2 heterocycles. The lowest BCUT2D eigenvalue weighted by Gasteiger charge is -2.02. The highest BCUT2D eigenvalue weighted by Gasteiger charge is 2.23. The molecule has 0 bridgehead atoms. The van der Waals surface area contributed by atoms with Crippen LogP contribution in [0.4, 0.5) is 0 Å². The van der Waals surface area contributed by atoms with E-state index < -0.39 is 5.97 Å². The number of carbonyl (C=O) groups is 1. The van der Waals surface area contributed by atoms with E-state index in [0.29, 0.717) is 16.9 Å². The van der Waals surface area contributed by atoms with Crippen LogP contribution in [0.3, 0.4) is 0 Å². The summed E-state index contributed by atoms with van der Waals surface area (Å²) >= 11 is 0. The molecule has 0 saturated carbocycles. The summed E-state index contributed by atoms with van der Waals surface area (Å²) in [5.41, 5.74) is 2.07. The quantitative estimate of drug-likeness (QED) is 0.585. The van der Waals surface area contributed by atoms with Gasteiger partial charge in [-0.1, -0.05) is 34.8 Å². The number of rotatable bonds is 3. The van der Waals surface area contributed by atoms with Crippen molar-refractivity contribution in [3.8, 4) is 11.3 Å². The Kier molecular flexibility index (Phi) is 3.50. The predicted molar refractivity (Wildman–Crippen MR) is 80.6 cm³/mol. The fourth-order valence-corrected chi connectivity index (χ4v) is 2.44. The first-order valence-electron chi connectivity index (χ1n) is 6.99. The molecule has 0 radical (unpaired) electrons. The van der Waals surface area contributed by atoms with Gasteiger partial charge in [0.2, 0.25) is 6.20 Å². The number of aromatic amines is 1. The maximum atomic E-state index is 12.4. The molecule has 6 nitrogen and oxygen atoms in total. The molecule has 0 aliphatic carbocycles. The normalized spacial score (nSPS) is 10.8. The molecule has 112 valence electrons. The molecule has 0 amide bonds. The van der Waals surface area contributed by atoms with Gasteiger partial charge in [0.1, 0.15) is 0 Å². The summed E-state index contributed by atoms with van der Waals surface area (Å²) in [7, 11) is 1.70. The van der Waals surface area contributed by atoms with Crippen LogP contribution >= 0.6 is 0 Å². The summed E-state index contributed by atoms with van der Waals surface area (Å²) in [4.78, 5) is 27.6. The Morgan fingerprint density at radius 2 is 2.05 bits per heavy atom. The minimum Gasteiger partial charge on any atom is -0.462 e. The predicted octanol–water partition coefficient (Wildman–Crippen LogP) is 1.30. The Labute approximate surface area is 126 Å². The van der Waals surface area contributed by atoms with E-state index in [1.165, 1.54) is 10.6 Å². The molecule has 22 heavy (non-hydrogen) atoms. The molecule has 0 spiro atoms. The molecule has 1 N–H and O–H groups in total. The van der Waals surface area contributed by atoms with Gasteiger partial charge in [0.25, 0.3) is 0 Å². The van der Waals surface area contributed by atoms with E-state index in [2.05, 4.69) is 4.98 Å². The topological polar surface area (TPSA) is 67.5 Å². The molecular weight excluding hydrogens is 282 g/mol. The van der Waals surface area contributed by atoms with Crippen LogP contribution in [-0.4, -0.2) is 22.1 Å². The number of benzene rings is 1. The molecule has 6 heteroatoms.